The zero-order valence-corrected chi connectivity index (χ0v) is 13.4. The van der Waals surface area contributed by atoms with Gasteiger partial charge in [-0.1, -0.05) is 0 Å². The van der Waals surface area contributed by atoms with Crippen LogP contribution in [0.2, 0.25) is 0 Å². The van der Waals surface area contributed by atoms with Crippen LogP contribution in [-0.4, -0.2) is 35.3 Å². The number of nitrogens with one attached hydrogen (secondary N) is 1. The Morgan fingerprint density at radius 1 is 1.47 bits per heavy atom. The molecule has 1 N–H and O–H groups in total. The maximum atomic E-state index is 12.0. The Hall–Kier alpha value is -0.720. The van der Waals surface area contributed by atoms with Crippen molar-refractivity contribution in [3.63, 3.8) is 0 Å². The summed E-state index contributed by atoms with van der Waals surface area (Å²) in [6, 6.07) is 3.68. The maximum absolute atomic E-state index is 12.0. The predicted octanol–water partition coefficient (Wildman–Crippen LogP) is 2.18. The number of amides is 2. The van der Waals surface area contributed by atoms with Crippen molar-refractivity contribution in [1.82, 2.24) is 10.2 Å². The first-order valence-corrected chi connectivity index (χ1v) is 7.93. The van der Waals surface area contributed by atoms with Crippen molar-refractivity contribution in [3.05, 3.63) is 20.8 Å². The van der Waals surface area contributed by atoms with Gasteiger partial charge in [-0.2, -0.15) is 0 Å². The van der Waals surface area contributed by atoms with Gasteiger partial charge in [0.25, 0.3) is 0 Å². The summed E-state index contributed by atoms with van der Waals surface area (Å²) in [6.07, 6.45) is 1.15. The highest BCUT2D eigenvalue weighted by Gasteiger charge is 2.39. The van der Waals surface area contributed by atoms with E-state index in [-0.39, 0.29) is 30.3 Å². The maximum Gasteiger partial charge on any atom is 0.247 e. The van der Waals surface area contributed by atoms with Gasteiger partial charge in [0, 0.05) is 17.5 Å². The van der Waals surface area contributed by atoms with Gasteiger partial charge < -0.3 is 5.32 Å². The lowest BCUT2D eigenvalue weighted by molar-refractivity contribution is -0.140. The number of halogens is 1. The molecule has 104 valence electrons. The minimum atomic E-state index is -0.349. The molecule has 1 aromatic rings. The summed E-state index contributed by atoms with van der Waals surface area (Å²) in [5.74, 6) is -0.163. The average molecular weight is 345 g/mol. The van der Waals surface area contributed by atoms with Crippen LogP contribution < -0.4 is 5.32 Å². The first-order valence-electron chi connectivity index (χ1n) is 6.32. The van der Waals surface area contributed by atoms with Crippen molar-refractivity contribution < 1.29 is 9.59 Å². The molecule has 1 saturated heterocycles. The van der Waals surface area contributed by atoms with Gasteiger partial charge in [0.1, 0.15) is 0 Å². The lowest BCUT2D eigenvalue weighted by Crippen LogP contribution is -2.42. The zero-order valence-electron chi connectivity index (χ0n) is 11.0. The van der Waals surface area contributed by atoms with Crippen molar-refractivity contribution in [2.45, 2.75) is 38.8 Å². The first kappa shape index (κ1) is 14.7. The number of hydrogen-bond acceptors (Lipinski definition) is 4. The Balaban J connectivity index is 1.84. The molecule has 0 aliphatic carbocycles. The number of rotatable bonds is 5. The van der Waals surface area contributed by atoms with Gasteiger partial charge in [-0.25, -0.2) is 0 Å². The average Bonchev–Trinajstić information content (AvgIpc) is 2.84. The summed E-state index contributed by atoms with van der Waals surface area (Å²) in [7, 11) is 0. The first-order chi connectivity index (χ1) is 8.99. The molecule has 6 heteroatoms. The monoisotopic (exact) mass is 344 g/mol. The smallest absolute Gasteiger partial charge is 0.247 e. The fraction of sp³-hybridized carbons (Fsp3) is 0.538. The number of hydrogen-bond donors (Lipinski definition) is 1. The molecule has 0 bridgehead atoms. The van der Waals surface area contributed by atoms with E-state index in [0.29, 0.717) is 6.54 Å². The standard InChI is InChI=1S/C13H17BrN2O2S/c1-8(2)16-12(17)7-10(13(16)18)15-6-5-9-3-4-11(14)19-9/h3-4,8,10,15H,5-7H2,1-2H3. The summed E-state index contributed by atoms with van der Waals surface area (Å²) in [4.78, 5) is 26.4. The second-order valence-electron chi connectivity index (χ2n) is 4.86. The van der Waals surface area contributed by atoms with Crippen LogP contribution in [-0.2, 0) is 16.0 Å². The molecule has 2 heterocycles. The summed E-state index contributed by atoms with van der Waals surface area (Å²) in [5, 5.41) is 3.18. The molecule has 1 unspecified atom stereocenters. The van der Waals surface area contributed by atoms with E-state index in [1.807, 2.05) is 19.9 Å². The highest BCUT2D eigenvalue weighted by Crippen LogP contribution is 2.22. The lowest BCUT2D eigenvalue weighted by atomic mass is 10.2. The Morgan fingerprint density at radius 3 is 2.74 bits per heavy atom. The van der Waals surface area contributed by atoms with Crippen molar-refractivity contribution in [2.75, 3.05) is 6.54 Å². The quantitative estimate of drug-likeness (QED) is 0.833. The normalized spacial score (nSPS) is 19.8. The molecular formula is C13H17BrN2O2S. The molecule has 4 nitrogen and oxygen atoms in total. The Labute approximate surface area is 125 Å². The minimum Gasteiger partial charge on any atom is -0.305 e. The van der Waals surface area contributed by atoms with Gasteiger partial charge in [-0.05, 0) is 48.3 Å². The molecule has 0 radical (unpaired) electrons. The number of carbonyl (C=O) groups excluding carboxylic acids is 2. The minimum absolute atomic E-state index is 0.0555. The molecule has 0 saturated carbocycles. The van der Waals surface area contributed by atoms with Gasteiger partial charge in [0.05, 0.1) is 16.2 Å². The van der Waals surface area contributed by atoms with Crippen LogP contribution in [0, 0.1) is 0 Å². The van der Waals surface area contributed by atoms with Gasteiger partial charge in [-0.3, -0.25) is 14.5 Å². The van der Waals surface area contributed by atoms with E-state index >= 15 is 0 Å². The van der Waals surface area contributed by atoms with Crippen LogP contribution in [0.1, 0.15) is 25.1 Å². The molecule has 1 aliphatic rings. The van der Waals surface area contributed by atoms with Crippen LogP contribution in [0.4, 0.5) is 0 Å². The topological polar surface area (TPSA) is 49.4 Å². The third-order valence-corrected chi connectivity index (χ3v) is 4.77. The second-order valence-corrected chi connectivity index (χ2v) is 7.41. The number of thiophene rings is 1. The fourth-order valence-corrected chi connectivity index (χ4v) is 3.69. The van der Waals surface area contributed by atoms with E-state index in [1.165, 1.54) is 9.78 Å². The van der Waals surface area contributed by atoms with E-state index < -0.39 is 0 Å². The zero-order chi connectivity index (χ0) is 14.0. The van der Waals surface area contributed by atoms with E-state index in [1.54, 1.807) is 11.3 Å². The number of likely N-dealkylation sites (tertiary alicyclic amines) is 1. The summed E-state index contributed by atoms with van der Waals surface area (Å²) < 4.78 is 1.11. The summed E-state index contributed by atoms with van der Waals surface area (Å²) >= 11 is 5.12. The van der Waals surface area contributed by atoms with Gasteiger partial charge in [-0.15, -0.1) is 11.3 Å². The Morgan fingerprint density at radius 2 is 2.21 bits per heavy atom. The summed E-state index contributed by atoms with van der Waals surface area (Å²) in [6.45, 7) is 4.44. The Kier molecular flexibility index (Phi) is 4.76. The SMILES string of the molecule is CC(C)N1C(=O)CC(NCCc2ccc(Br)s2)C1=O. The van der Waals surface area contributed by atoms with Crippen molar-refractivity contribution in [3.8, 4) is 0 Å². The number of imide groups is 1. The molecule has 2 rings (SSSR count). The van der Waals surface area contributed by atoms with Crippen molar-refractivity contribution >= 4 is 39.1 Å². The molecule has 1 fully saturated rings. The van der Waals surface area contributed by atoms with Crippen molar-refractivity contribution in [1.29, 1.82) is 0 Å². The molecule has 0 aromatic carbocycles. The lowest BCUT2D eigenvalue weighted by Gasteiger charge is -2.19. The van der Waals surface area contributed by atoms with Gasteiger partial charge >= 0.3 is 0 Å². The highest BCUT2D eigenvalue weighted by molar-refractivity contribution is 9.11. The molecular weight excluding hydrogens is 328 g/mol. The van der Waals surface area contributed by atoms with Crippen LogP contribution in [0.25, 0.3) is 0 Å². The van der Waals surface area contributed by atoms with Gasteiger partial charge in [0.2, 0.25) is 11.8 Å². The predicted molar refractivity (Wildman–Crippen MR) is 79.1 cm³/mol. The highest BCUT2D eigenvalue weighted by atomic mass is 79.9. The molecule has 1 aliphatic heterocycles. The van der Waals surface area contributed by atoms with Crippen molar-refractivity contribution in [2.24, 2.45) is 0 Å². The third kappa shape index (κ3) is 3.43. The molecule has 1 atom stereocenters. The van der Waals surface area contributed by atoms with Crippen LogP contribution >= 0.6 is 27.3 Å². The van der Waals surface area contributed by atoms with Crippen LogP contribution in [0.3, 0.4) is 0 Å². The molecule has 2 amide bonds. The number of nitrogens with zero attached hydrogens (tertiary/aromatic N) is 1. The second kappa shape index (κ2) is 6.15. The Bertz CT molecular complexity index is 487. The number of carbonyl (C=O) groups is 2. The summed E-state index contributed by atoms with van der Waals surface area (Å²) in [5.41, 5.74) is 0. The van der Waals surface area contributed by atoms with Crippen LogP contribution in [0.5, 0.6) is 0 Å². The molecule has 1 aromatic heterocycles. The largest absolute Gasteiger partial charge is 0.305 e. The molecule has 0 spiro atoms. The van der Waals surface area contributed by atoms with E-state index in [9.17, 15) is 9.59 Å². The van der Waals surface area contributed by atoms with E-state index in [2.05, 4.69) is 27.3 Å². The van der Waals surface area contributed by atoms with E-state index in [4.69, 9.17) is 0 Å². The third-order valence-electron chi connectivity index (χ3n) is 3.09. The molecule has 19 heavy (non-hydrogen) atoms. The van der Waals surface area contributed by atoms with E-state index in [0.717, 1.165) is 10.2 Å². The van der Waals surface area contributed by atoms with Crippen LogP contribution in [0.15, 0.2) is 15.9 Å². The fourth-order valence-electron chi connectivity index (χ4n) is 2.21. The van der Waals surface area contributed by atoms with Gasteiger partial charge in [0.15, 0.2) is 0 Å².